The summed E-state index contributed by atoms with van der Waals surface area (Å²) in [5, 5.41) is 0.757. The second-order valence-corrected chi connectivity index (χ2v) is 7.29. The lowest BCUT2D eigenvalue weighted by molar-refractivity contribution is -0.123. The molecule has 144 valence electrons. The number of benzene rings is 2. The molecular weight excluding hydrogens is 374 g/mol. The Labute approximate surface area is 167 Å². The quantitative estimate of drug-likeness (QED) is 0.647. The summed E-state index contributed by atoms with van der Waals surface area (Å²) in [6, 6.07) is 15.3. The highest BCUT2D eigenvalue weighted by Crippen LogP contribution is 2.27. The first-order valence-corrected chi connectivity index (χ1v) is 9.58. The average Bonchev–Trinajstić information content (AvgIpc) is 3.09. The fourth-order valence-electron chi connectivity index (χ4n) is 2.55. The van der Waals surface area contributed by atoms with Crippen molar-refractivity contribution in [1.82, 2.24) is 15.8 Å². The third-order valence-corrected chi connectivity index (χ3v) is 5.46. The molecule has 0 radical (unpaired) electrons. The maximum absolute atomic E-state index is 12.4. The van der Waals surface area contributed by atoms with Gasteiger partial charge in [-0.15, -0.1) is 11.3 Å². The summed E-state index contributed by atoms with van der Waals surface area (Å²) >= 11 is 1.28. The molecule has 0 bridgehead atoms. The van der Waals surface area contributed by atoms with Crippen LogP contribution in [0.15, 0.2) is 48.5 Å². The molecule has 1 aromatic heterocycles. The second kappa shape index (κ2) is 8.67. The second-order valence-electron chi connectivity index (χ2n) is 6.29. The molecule has 3 aromatic rings. The van der Waals surface area contributed by atoms with Crippen LogP contribution < -0.4 is 15.6 Å². The third kappa shape index (κ3) is 4.55. The molecule has 0 atom stereocenters. The van der Waals surface area contributed by atoms with Crippen molar-refractivity contribution in [3.8, 4) is 16.3 Å². The Morgan fingerprint density at radius 1 is 1.00 bits per heavy atom. The van der Waals surface area contributed by atoms with Crippen LogP contribution in [0.5, 0.6) is 5.75 Å². The molecule has 0 fully saturated rings. The first-order valence-electron chi connectivity index (χ1n) is 8.76. The van der Waals surface area contributed by atoms with Gasteiger partial charge < -0.3 is 4.74 Å². The van der Waals surface area contributed by atoms with Gasteiger partial charge in [0.25, 0.3) is 11.8 Å². The predicted octanol–water partition coefficient (Wildman–Crippen LogP) is 3.58. The van der Waals surface area contributed by atoms with Crippen molar-refractivity contribution in [2.24, 2.45) is 0 Å². The monoisotopic (exact) mass is 395 g/mol. The summed E-state index contributed by atoms with van der Waals surface area (Å²) in [6.45, 7) is 5.48. The largest absolute Gasteiger partial charge is 0.483 e. The molecule has 1 heterocycles. The summed E-state index contributed by atoms with van der Waals surface area (Å²) in [5.41, 5.74) is 8.42. The SMILES string of the molecule is Cc1cccc(OCC(=O)NNC(=O)c2sc(-c3ccccc3)nc2C)c1C. The lowest BCUT2D eigenvalue weighted by Crippen LogP contribution is -2.43. The van der Waals surface area contributed by atoms with Crippen molar-refractivity contribution >= 4 is 23.2 Å². The summed E-state index contributed by atoms with van der Waals surface area (Å²) < 4.78 is 5.53. The van der Waals surface area contributed by atoms with Crippen molar-refractivity contribution in [2.45, 2.75) is 20.8 Å². The fraction of sp³-hybridized carbons (Fsp3) is 0.190. The van der Waals surface area contributed by atoms with E-state index >= 15 is 0 Å². The van der Waals surface area contributed by atoms with E-state index in [1.54, 1.807) is 13.0 Å². The van der Waals surface area contributed by atoms with Crippen LogP contribution in [0, 0.1) is 20.8 Å². The van der Waals surface area contributed by atoms with Gasteiger partial charge in [-0.1, -0.05) is 42.5 Å². The van der Waals surface area contributed by atoms with Crippen molar-refractivity contribution in [2.75, 3.05) is 6.61 Å². The Hall–Kier alpha value is -3.19. The maximum atomic E-state index is 12.4. The number of nitrogens with zero attached hydrogens (tertiary/aromatic N) is 1. The van der Waals surface area contributed by atoms with E-state index in [0.717, 1.165) is 21.7 Å². The van der Waals surface area contributed by atoms with Gasteiger partial charge in [0.15, 0.2) is 6.61 Å². The van der Waals surface area contributed by atoms with Gasteiger partial charge in [0, 0.05) is 5.56 Å². The van der Waals surface area contributed by atoms with Crippen molar-refractivity contribution in [3.05, 3.63) is 70.2 Å². The molecule has 0 saturated heterocycles. The van der Waals surface area contributed by atoms with E-state index < -0.39 is 11.8 Å². The van der Waals surface area contributed by atoms with Crippen LogP contribution in [0.1, 0.15) is 26.5 Å². The Kier molecular flexibility index (Phi) is 6.06. The molecule has 28 heavy (non-hydrogen) atoms. The topological polar surface area (TPSA) is 80.3 Å². The molecule has 2 amide bonds. The highest BCUT2D eigenvalue weighted by Gasteiger charge is 2.17. The Balaban J connectivity index is 1.56. The molecule has 3 rings (SSSR count). The van der Waals surface area contributed by atoms with Gasteiger partial charge in [-0.05, 0) is 38.0 Å². The van der Waals surface area contributed by atoms with Crippen molar-refractivity contribution < 1.29 is 14.3 Å². The van der Waals surface area contributed by atoms with E-state index in [2.05, 4.69) is 15.8 Å². The molecular formula is C21H21N3O3S. The normalized spacial score (nSPS) is 10.4. The zero-order valence-corrected chi connectivity index (χ0v) is 16.7. The average molecular weight is 395 g/mol. The van der Waals surface area contributed by atoms with Gasteiger partial charge in [-0.25, -0.2) is 4.98 Å². The van der Waals surface area contributed by atoms with E-state index in [1.165, 1.54) is 11.3 Å². The number of thiazole rings is 1. The summed E-state index contributed by atoms with van der Waals surface area (Å²) in [5.74, 6) is -0.204. The maximum Gasteiger partial charge on any atom is 0.281 e. The van der Waals surface area contributed by atoms with Gasteiger partial charge >= 0.3 is 0 Å². The van der Waals surface area contributed by atoms with E-state index in [0.29, 0.717) is 16.3 Å². The fourth-order valence-corrected chi connectivity index (χ4v) is 3.52. The van der Waals surface area contributed by atoms with Gasteiger partial charge in [0.1, 0.15) is 15.6 Å². The highest BCUT2D eigenvalue weighted by atomic mass is 32.1. The number of ether oxygens (including phenoxy) is 1. The number of nitrogens with one attached hydrogen (secondary N) is 2. The third-order valence-electron chi connectivity index (χ3n) is 4.25. The zero-order chi connectivity index (χ0) is 20.1. The zero-order valence-electron chi connectivity index (χ0n) is 15.9. The van der Waals surface area contributed by atoms with Gasteiger partial charge in [0.2, 0.25) is 0 Å². The number of rotatable bonds is 5. The van der Waals surface area contributed by atoms with E-state index in [9.17, 15) is 9.59 Å². The Morgan fingerprint density at radius 2 is 1.75 bits per heavy atom. The lowest BCUT2D eigenvalue weighted by atomic mass is 10.1. The van der Waals surface area contributed by atoms with Crippen molar-refractivity contribution in [3.63, 3.8) is 0 Å². The van der Waals surface area contributed by atoms with Crippen LogP contribution in [0.3, 0.4) is 0 Å². The summed E-state index contributed by atoms with van der Waals surface area (Å²) in [6.07, 6.45) is 0. The lowest BCUT2D eigenvalue weighted by Gasteiger charge is -2.11. The summed E-state index contributed by atoms with van der Waals surface area (Å²) in [4.78, 5) is 29.3. The molecule has 2 aromatic carbocycles. The number of carbonyl (C=O) groups excluding carboxylic acids is 2. The number of aromatic nitrogens is 1. The smallest absolute Gasteiger partial charge is 0.281 e. The molecule has 0 unspecified atom stereocenters. The van der Waals surface area contributed by atoms with E-state index in [1.807, 2.05) is 56.3 Å². The number of hydrogen-bond acceptors (Lipinski definition) is 5. The van der Waals surface area contributed by atoms with E-state index in [4.69, 9.17) is 4.74 Å². The van der Waals surface area contributed by atoms with Gasteiger partial charge in [-0.3, -0.25) is 20.4 Å². The summed E-state index contributed by atoms with van der Waals surface area (Å²) in [7, 11) is 0. The first kappa shape index (κ1) is 19.6. The number of hydrogen-bond donors (Lipinski definition) is 2. The van der Waals surface area contributed by atoms with Gasteiger partial charge in [0.05, 0.1) is 5.69 Å². The van der Waals surface area contributed by atoms with Crippen LogP contribution >= 0.6 is 11.3 Å². The number of carbonyl (C=O) groups is 2. The van der Waals surface area contributed by atoms with Crippen LogP contribution in [0.25, 0.3) is 10.6 Å². The van der Waals surface area contributed by atoms with Crippen molar-refractivity contribution in [1.29, 1.82) is 0 Å². The molecule has 0 saturated carbocycles. The first-order chi connectivity index (χ1) is 13.5. The minimum absolute atomic E-state index is 0.193. The van der Waals surface area contributed by atoms with Crippen LogP contribution in [-0.2, 0) is 4.79 Å². The predicted molar refractivity (Wildman–Crippen MR) is 109 cm³/mol. The molecule has 6 nitrogen and oxygen atoms in total. The molecule has 2 N–H and O–H groups in total. The number of hydrazine groups is 1. The Morgan fingerprint density at radius 3 is 2.50 bits per heavy atom. The van der Waals surface area contributed by atoms with Gasteiger partial charge in [-0.2, -0.15) is 0 Å². The van der Waals surface area contributed by atoms with E-state index in [-0.39, 0.29) is 6.61 Å². The highest BCUT2D eigenvalue weighted by molar-refractivity contribution is 7.17. The minimum atomic E-state index is -0.445. The molecule has 0 aliphatic heterocycles. The minimum Gasteiger partial charge on any atom is -0.483 e. The molecule has 0 aliphatic carbocycles. The molecule has 0 spiro atoms. The van der Waals surface area contributed by atoms with Crippen LogP contribution in [-0.4, -0.2) is 23.4 Å². The Bertz CT molecular complexity index is 999. The molecule has 7 heteroatoms. The molecule has 0 aliphatic rings. The number of amides is 2. The van der Waals surface area contributed by atoms with Crippen LogP contribution in [0.4, 0.5) is 0 Å². The van der Waals surface area contributed by atoms with Crippen LogP contribution in [0.2, 0.25) is 0 Å². The standard InChI is InChI=1S/C21H21N3O3S/c1-13-8-7-11-17(14(13)2)27-12-18(25)23-24-20(26)19-15(3)22-21(28-19)16-9-5-4-6-10-16/h4-11H,12H2,1-3H3,(H,23,25)(H,24,26). The number of aryl methyl sites for hydroxylation is 2.